The first-order chi connectivity index (χ1) is 12.2. The molecule has 0 aliphatic carbocycles. The summed E-state index contributed by atoms with van der Waals surface area (Å²) in [5.74, 6) is 1.66. The molecule has 1 saturated heterocycles. The van der Waals surface area contributed by atoms with Crippen LogP contribution in [0, 0.1) is 5.82 Å². The van der Waals surface area contributed by atoms with E-state index in [4.69, 9.17) is 0 Å². The molecule has 4 heterocycles. The molecule has 1 aliphatic rings. The highest BCUT2D eigenvalue weighted by atomic mass is 19.1. The van der Waals surface area contributed by atoms with Crippen molar-refractivity contribution in [3.8, 4) is 0 Å². The van der Waals surface area contributed by atoms with Crippen molar-refractivity contribution in [1.82, 2.24) is 29.8 Å². The first kappa shape index (κ1) is 15.9. The van der Waals surface area contributed by atoms with E-state index in [0.29, 0.717) is 11.6 Å². The second-order valence-electron chi connectivity index (χ2n) is 6.34. The molecule has 0 spiro atoms. The molecule has 0 unspecified atom stereocenters. The van der Waals surface area contributed by atoms with Gasteiger partial charge in [-0.05, 0) is 37.6 Å². The normalized spacial score (nSPS) is 16.4. The Morgan fingerprint density at radius 2 is 2.12 bits per heavy atom. The fourth-order valence-electron chi connectivity index (χ4n) is 3.36. The number of aromatic nitrogens is 5. The largest absolute Gasteiger partial charge is 0.371 e. The van der Waals surface area contributed by atoms with E-state index in [0.717, 1.165) is 55.2 Å². The predicted molar refractivity (Wildman–Crippen MR) is 92.7 cm³/mol. The van der Waals surface area contributed by atoms with Gasteiger partial charge in [0.1, 0.15) is 17.2 Å². The SMILES string of the molecule is CNc1nc(C2CCN(Cc3cncc(F)c3)CC2)nc2nc[nH]c12. The lowest BCUT2D eigenvalue weighted by Gasteiger charge is -2.31. The Hall–Kier alpha value is -2.61. The van der Waals surface area contributed by atoms with Crippen LogP contribution in [-0.2, 0) is 6.54 Å². The number of rotatable bonds is 4. The standard InChI is InChI=1S/C17H20FN7/c1-19-16-14-17(22-10-21-14)24-15(23-16)12-2-4-25(5-3-12)9-11-6-13(18)8-20-7-11/h6-8,10,12H,2-5,9H2,1H3,(H2,19,21,22,23,24). The van der Waals surface area contributed by atoms with Gasteiger partial charge in [0.05, 0.1) is 12.5 Å². The number of hydrogen-bond acceptors (Lipinski definition) is 6. The molecular weight excluding hydrogens is 321 g/mol. The zero-order chi connectivity index (χ0) is 17.2. The zero-order valence-corrected chi connectivity index (χ0v) is 14.0. The van der Waals surface area contributed by atoms with Crippen LogP contribution in [0.4, 0.5) is 10.2 Å². The molecule has 0 bridgehead atoms. The Kier molecular flexibility index (Phi) is 4.27. The summed E-state index contributed by atoms with van der Waals surface area (Å²) in [6.07, 6.45) is 6.55. The number of H-pyrrole nitrogens is 1. The minimum absolute atomic E-state index is 0.285. The first-order valence-corrected chi connectivity index (χ1v) is 8.43. The Bertz CT molecular complexity index is 870. The van der Waals surface area contributed by atoms with Crippen molar-refractivity contribution in [2.24, 2.45) is 0 Å². The summed E-state index contributed by atoms with van der Waals surface area (Å²) in [5, 5.41) is 3.11. The summed E-state index contributed by atoms with van der Waals surface area (Å²) in [4.78, 5) is 22.8. The molecule has 25 heavy (non-hydrogen) atoms. The van der Waals surface area contributed by atoms with Crippen molar-refractivity contribution >= 4 is 17.0 Å². The van der Waals surface area contributed by atoms with Crippen molar-refractivity contribution < 1.29 is 4.39 Å². The fraction of sp³-hybridized carbons (Fsp3) is 0.412. The van der Waals surface area contributed by atoms with Gasteiger partial charge in [-0.2, -0.15) is 0 Å². The molecule has 0 radical (unpaired) electrons. The predicted octanol–water partition coefficient (Wildman–Crippen LogP) is 2.31. The third-order valence-corrected chi connectivity index (χ3v) is 4.66. The second-order valence-corrected chi connectivity index (χ2v) is 6.34. The van der Waals surface area contributed by atoms with Crippen LogP contribution in [0.1, 0.15) is 30.1 Å². The molecule has 1 aliphatic heterocycles. The van der Waals surface area contributed by atoms with Gasteiger partial charge in [0.25, 0.3) is 0 Å². The molecule has 130 valence electrons. The number of anilines is 1. The monoisotopic (exact) mass is 341 g/mol. The lowest BCUT2D eigenvalue weighted by Crippen LogP contribution is -2.33. The van der Waals surface area contributed by atoms with Crippen molar-refractivity contribution in [3.05, 3.63) is 42.0 Å². The molecule has 2 N–H and O–H groups in total. The zero-order valence-electron chi connectivity index (χ0n) is 14.0. The Morgan fingerprint density at radius 1 is 1.28 bits per heavy atom. The van der Waals surface area contributed by atoms with E-state index in [9.17, 15) is 4.39 Å². The summed E-state index contributed by atoms with van der Waals surface area (Å²) >= 11 is 0. The molecular formula is C17H20FN7. The van der Waals surface area contributed by atoms with E-state index in [2.05, 4.69) is 35.1 Å². The van der Waals surface area contributed by atoms with Crippen LogP contribution >= 0.6 is 0 Å². The molecule has 0 aromatic carbocycles. The smallest absolute Gasteiger partial charge is 0.183 e. The molecule has 4 rings (SSSR count). The summed E-state index contributed by atoms with van der Waals surface area (Å²) in [5.41, 5.74) is 2.44. The second kappa shape index (κ2) is 6.72. The number of pyridine rings is 1. The van der Waals surface area contributed by atoms with Gasteiger partial charge in [0, 0.05) is 25.7 Å². The van der Waals surface area contributed by atoms with Gasteiger partial charge >= 0.3 is 0 Å². The molecule has 8 heteroatoms. The van der Waals surface area contributed by atoms with Crippen LogP contribution in [0.3, 0.4) is 0 Å². The summed E-state index contributed by atoms with van der Waals surface area (Å²) < 4.78 is 13.3. The average molecular weight is 341 g/mol. The van der Waals surface area contributed by atoms with Gasteiger partial charge in [0.2, 0.25) is 0 Å². The number of aromatic amines is 1. The maximum atomic E-state index is 13.3. The Morgan fingerprint density at radius 3 is 2.88 bits per heavy atom. The number of nitrogens with one attached hydrogen (secondary N) is 2. The maximum absolute atomic E-state index is 13.3. The van der Waals surface area contributed by atoms with E-state index < -0.39 is 0 Å². The highest BCUT2D eigenvalue weighted by molar-refractivity contribution is 5.82. The minimum Gasteiger partial charge on any atom is -0.371 e. The molecule has 0 saturated carbocycles. The third kappa shape index (κ3) is 3.30. The van der Waals surface area contributed by atoms with Crippen LogP contribution in [0.5, 0.6) is 0 Å². The van der Waals surface area contributed by atoms with Crippen LogP contribution in [0.25, 0.3) is 11.2 Å². The minimum atomic E-state index is -0.285. The van der Waals surface area contributed by atoms with Gasteiger partial charge in [0.15, 0.2) is 11.5 Å². The van der Waals surface area contributed by atoms with Gasteiger partial charge in [-0.25, -0.2) is 19.3 Å². The van der Waals surface area contributed by atoms with Crippen LogP contribution in [0.2, 0.25) is 0 Å². The number of piperidine rings is 1. The van der Waals surface area contributed by atoms with Crippen LogP contribution in [-0.4, -0.2) is 50.0 Å². The number of fused-ring (bicyclic) bond motifs is 1. The number of likely N-dealkylation sites (tertiary alicyclic amines) is 1. The lowest BCUT2D eigenvalue weighted by atomic mass is 9.95. The highest BCUT2D eigenvalue weighted by Gasteiger charge is 2.24. The molecule has 3 aromatic rings. The van der Waals surface area contributed by atoms with E-state index >= 15 is 0 Å². The number of nitrogens with zero attached hydrogens (tertiary/aromatic N) is 5. The van der Waals surface area contributed by atoms with E-state index in [-0.39, 0.29) is 5.82 Å². The van der Waals surface area contributed by atoms with E-state index in [1.165, 1.54) is 6.20 Å². The van der Waals surface area contributed by atoms with Gasteiger partial charge in [-0.15, -0.1) is 0 Å². The highest BCUT2D eigenvalue weighted by Crippen LogP contribution is 2.28. The molecule has 1 fully saturated rings. The topological polar surface area (TPSA) is 82.6 Å². The number of hydrogen-bond donors (Lipinski definition) is 2. The maximum Gasteiger partial charge on any atom is 0.183 e. The van der Waals surface area contributed by atoms with Gasteiger partial charge < -0.3 is 10.3 Å². The lowest BCUT2D eigenvalue weighted by molar-refractivity contribution is 0.201. The van der Waals surface area contributed by atoms with Crippen LogP contribution < -0.4 is 5.32 Å². The van der Waals surface area contributed by atoms with Crippen molar-refractivity contribution in [1.29, 1.82) is 0 Å². The van der Waals surface area contributed by atoms with Gasteiger partial charge in [-0.3, -0.25) is 9.88 Å². The average Bonchev–Trinajstić information content (AvgIpc) is 3.10. The van der Waals surface area contributed by atoms with Crippen molar-refractivity contribution in [2.45, 2.75) is 25.3 Å². The molecule has 7 nitrogen and oxygen atoms in total. The van der Waals surface area contributed by atoms with E-state index in [1.807, 2.05) is 7.05 Å². The van der Waals surface area contributed by atoms with Crippen molar-refractivity contribution in [3.63, 3.8) is 0 Å². The molecule has 0 amide bonds. The molecule has 3 aromatic heterocycles. The first-order valence-electron chi connectivity index (χ1n) is 8.43. The van der Waals surface area contributed by atoms with E-state index in [1.54, 1.807) is 18.6 Å². The van der Waals surface area contributed by atoms with Crippen molar-refractivity contribution in [2.75, 3.05) is 25.5 Å². The fourth-order valence-corrected chi connectivity index (χ4v) is 3.36. The van der Waals surface area contributed by atoms with Gasteiger partial charge in [-0.1, -0.05) is 0 Å². The quantitative estimate of drug-likeness (QED) is 0.758. The van der Waals surface area contributed by atoms with Crippen LogP contribution in [0.15, 0.2) is 24.8 Å². The molecule has 0 atom stereocenters. The Labute approximate surface area is 144 Å². The number of imidazole rings is 1. The summed E-state index contributed by atoms with van der Waals surface area (Å²) in [7, 11) is 1.85. The summed E-state index contributed by atoms with van der Waals surface area (Å²) in [6.45, 7) is 2.58. The Balaban J connectivity index is 1.45. The summed E-state index contributed by atoms with van der Waals surface area (Å²) in [6, 6.07) is 1.55. The third-order valence-electron chi connectivity index (χ3n) is 4.66. The number of halogens is 1.